The van der Waals surface area contributed by atoms with Crippen molar-refractivity contribution in [1.29, 1.82) is 0 Å². The maximum absolute atomic E-state index is 12.3. The molecule has 0 aliphatic rings. The first-order chi connectivity index (χ1) is 16.1. The molecule has 190 valence electrons. The van der Waals surface area contributed by atoms with Gasteiger partial charge in [0.2, 0.25) is 17.7 Å². The average molecular weight is 486 g/mol. The number of ether oxygens (including phenoxy) is 2. The molecule has 0 spiro atoms. The number of hydrogen-bond acceptors (Lipinski definition) is 11. The number of amides is 3. The molecule has 0 aromatic carbocycles. The SMILES string of the molecule is COC(=O)CN(CC=O)C(=O)CCC(=O)CNC(=O)CN(CC(=O)OC)C(=O)CCC(=O)CN. The Balaban J connectivity index is 4.71. The van der Waals surface area contributed by atoms with Gasteiger partial charge in [-0.25, -0.2) is 0 Å². The van der Waals surface area contributed by atoms with Crippen LogP contribution in [0.4, 0.5) is 0 Å². The number of methoxy groups -OCH3 is 2. The third kappa shape index (κ3) is 13.0. The van der Waals surface area contributed by atoms with Gasteiger partial charge in [0.15, 0.2) is 5.78 Å². The monoisotopic (exact) mass is 486 g/mol. The van der Waals surface area contributed by atoms with Crippen LogP contribution in [0.2, 0.25) is 0 Å². The van der Waals surface area contributed by atoms with Gasteiger partial charge in [0.1, 0.15) is 31.7 Å². The maximum atomic E-state index is 12.3. The molecule has 0 fully saturated rings. The van der Waals surface area contributed by atoms with Gasteiger partial charge in [-0.05, 0) is 0 Å². The van der Waals surface area contributed by atoms with Crippen molar-refractivity contribution in [3.8, 4) is 0 Å². The zero-order chi connectivity index (χ0) is 26.1. The Morgan fingerprint density at radius 2 is 1.26 bits per heavy atom. The van der Waals surface area contributed by atoms with Gasteiger partial charge in [-0.2, -0.15) is 0 Å². The van der Waals surface area contributed by atoms with Crippen LogP contribution in [-0.2, 0) is 47.8 Å². The van der Waals surface area contributed by atoms with E-state index in [1.807, 2.05) is 0 Å². The lowest BCUT2D eigenvalue weighted by molar-refractivity contribution is -0.148. The van der Waals surface area contributed by atoms with Crippen molar-refractivity contribution < 1.29 is 47.8 Å². The van der Waals surface area contributed by atoms with Crippen LogP contribution in [0.1, 0.15) is 25.7 Å². The fourth-order valence-electron chi connectivity index (χ4n) is 2.44. The molecular formula is C20H30N4O10. The largest absolute Gasteiger partial charge is 0.468 e. The summed E-state index contributed by atoms with van der Waals surface area (Å²) in [5, 5.41) is 2.28. The van der Waals surface area contributed by atoms with Crippen LogP contribution in [0, 0.1) is 0 Å². The van der Waals surface area contributed by atoms with Crippen molar-refractivity contribution in [3.05, 3.63) is 0 Å². The van der Waals surface area contributed by atoms with Crippen LogP contribution in [-0.4, -0.2) is 111 Å². The van der Waals surface area contributed by atoms with Crippen molar-refractivity contribution in [2.24, 2.45) is 5.73 Å². The van der Waals surface area contributed by atoms with E-state index < -0.39 is 61.6 Å². The van der Waals surface area contributed by atoms with Gasteiger partial charge in [-0.15, -0.1) is 0 Å². The normalized spacial score (nSPS) is 9.97. The molecule has 0 saturated heterocycles. The highest BCUT2D eigenvalue weighted by Crippen LogP contribution is 2.01. The van der Waals surface area contributed by atoms with E-state index in [4.69, 9.17) is 5.73 Å². The molecule has 3 N–H and O–H groups in total. The lowest BCUT2D eigenvalue weighted by atomic mass is 10.2. The van der Waals surface area contributed by atoms with Crippen molar-refractivity contribution in [2.75, 3.05) is 53.5 Å². The second kappa shape index (κ2) is 16.9. The Hall–Kier alpha value is -3.68. The van der Waals surface area contributed by atoms with Crippen LogP contribution >= 0.6 is 0 Å². The molecule has 0 atom stereocenters. The average Bonchev–Trinajstić information content (AvgIpc) is 2.82. The summed E-state index contributed by atoms with van der Waals surface area (Å²) in [5.74, 6) is -4.44. The number of nitrogens with zero attached hydrogens (tertiary/aromatic N) is 2. The minimum Gasteiger partial charge on any atom is -0.468 e. The molecule has 0 bridgehead atoms. The topological polar surface area (TPSA) is 200 Å². The number of ketones is 2. The molecule has 0 unspecified atom stereocenters. The smallest absolute Gasteiger partial charge is 0.325 e. The van der Waals surface area contributed by atoms with Gasteiger partial charge < -0.3 is 35.1 Å². The van der Waals surface area contributed by atoms with Gasteiger partial charge in [0.25, 0.3) is 0 Å². The maximum Gasteiger partial charge on any atom is 0.325 e. The van der Waals surface area contributed by atoms with Crippen LogP contribution < -0.4 is 11.1 Å². The molecule has 34 heavy (non-hydrogen) atoms. The quantitative estimate of drug-likeness (QED) is 0.156. The van der Waals surface area contributed by atoms with Crippen LogP contribution in [0.15, 0.2) is 0 Å². The third-order valence-electron chi connectivity index (χ3n) is 4.38. The number of carbonyl (C=O) groups excluding carboxylic acids is 8. The van der Waals surface area contributed by atoms with Crippen LogP contribution in [0.3, 0.4) is 0 Å². The Morgan fingerprint density at radius 1 is 0.765 bits per heavy atom. The predicted octanol–water partition coefficient (Wildman–Crippen LogP) is -3.04. The van der Waals surface area contributed by atoms with Gasteiger partial charge in [0.05, 0.1) is 33.9 Å². The van der Waals surface area contributed by atoms with Crippen molar-refractivity contribution >= 4 is 47.5 Å². The number of esters is 2. The van der Waals surface area contributed by atoms with E-state index in [-0.39, 0.29) is 44.6 Å². The van der Waals surface area contributed by atoms with E-state index in [9.17, 15) is 38.4 Å². The van der Waals surface area contributed by atoms with E-state index in [0.29, 0.717) is 6.29 Å². The Kier molecular flexibility index (Phi) is 15.1. The molecule has 0 aliphatic heterocycles. The van der Waals surface area contributed by atoms with Crippen molar-refractivity contribution in [3.63, 3.8) is 0 Å². The number of nitrogens with two attached hydrogens (primary N) is 1. The molecule has 14 nitrogen and oxygen atoms in total. The fourth-order valence-corrected chi connectivity index (χ4v) is 2.44. The summed E-state index contributed by atoms with van der Waals surface area (Å²) in [5.41, 5.74) is 5.18. The molecule has 0 aromatic heterocycles. The number of nitrogens with one attached hydrogen (secondary N) is 1. The molecule has 14 heteroatoms. The second-order valence-electron chi connectivity index (χ2n) is 6.90. The van der Waals surface area contributed by atoms with E-state index in [2.05, 4.69) is 14.8 Å². The van der Waals surface area contributed by atoms with Gasteiger partial charge in [0, 0.05) is 25.7 Å². The zero-order valence-corrected chi connectivity index (χ0v) is 19.2. The number of aldehydes is 1. The summed E-state index contributed by atoms with van der Waals surface area (Å²) in [4.78, 5) is 95.2. The molecule has 0 rings (SSSR count). The van der Waals surface area contributed by atoms with E-state index in [0.717, 1.165) is 24.0 Å². The number of Topliss-reactive ketones (excluding diaryl/α,β-unsaturated/α-hetero) is 2. The van der Waals surface area contributed by atoms with Gasteiger partial charge >= 0.3 is 11.9 Å². The number of rotatable bonds is 17. The first kappa shape index (κ1) is 30.3. The summed E-state index contributed by atoms with van der Waals surface area (Å²) in [6.45, 7) is -2.59. The molecule has 3 amide bonds. The highest BCUT2D eigenvalue weighted by molar-refractivity contribution is 5.93. The molecule has 0 radical (unpaired) electrons. The van der Waals surface area contributed by atoms with E-state index in [1.54, 1.807) is 0 Å². The summed E-state index contributed by atoms with van der Waals surface area (Å²) in [6.07, 6.45) is -0.568. The Morgan fingerprint density at radius 3 is 1.76 bits per heavy atom. The third-order valence-corrected chi connectivity index (χ3v) is 4.38. The summed E-state index contributed by atoms with van der Waals surface area (Å²) >= 11 is 0. The molecular weight excluding hydrogens is 456 g/mol. The number of carbonyl (C=O) groups is 8. The van der Waals surface area contributed by atoms with Gasteiger partial charge in [-0.1, -0.05) is 0 Å². The predicted molar refractivity (Wildman–Crippen MR) is 114 cm³/mol. The van der Waals surface area contributed by atoms with Crippen LogP contribution in [0.25, 0.3) is 0 Å². The Bertz CT molecular complexity index is 783. The van der Waals surface area contributed by atoms with Gasteiger partial charge in [-0.3, -0.25) is 33.6 Å². The molecule has 0 aromatic rings. The molecule has 0 heterocycles. The summed E-state index contributed by atoms with van der Waals surface area (Å²) in [7, 11) is 2.22. The highest BCUT2D eigenvalue weighted by atomic mass is 16.5. The summed E-state index contributed by atoms with van der Waals surface area (Å²) < 4.78 is 8.92. The van der Waals surface area contributed by atoms with Crippen molar-refractivity contribution in [2.45, 2.75) is 25.7 Å². The zero-order valence-electron chi connectivity index (χ0n) is 19.2. The first-order valence-corrected chi connectivity index (χ1v) is 10.2. The van der Waals surface area contributed by atoms with E-state index in [1.165, 1.54) is 0 Å². The molecule has 0 aliphatic carbocycles. The number of hydrogen-bond donors (Lipinski definition) is 2. The Labute approximate surface area is 196 Å². The molecule has 0 saturated carbocycles. The second-order valence-corrected chi connectivity index (χ2v) is 6.90. The summed E-state index contributed by atoms with van der Waals surface area (Å²) in [6, 6.07) is 0. The van der Waals surface area contributed by atoms with Crippen molar-refractivity contribution in [1.82, 2.24) is 15.1 Å². The lowest BCUT2D eigenvalue weighted by Crippen LogP contribution is -2.44. The minimum absolute atomic E-state index is 0.155. The highest BCUT2D eigenvalue weighted by Gasteiger charge is 2.22. The minimum atomic E-state index is -0.785. The van der Waals surface area contributed by atoms with E-state index >= 15 is 0 Å². The van der Waals surface area contributed by atoms with Crippen LogP contribution in [0.5, 0.6) is 0 Å². The fraction of sp³-hybridized carbons (Fsp3) is 0.600. The first-order valence-electron chi connectivity index (χ1n) is 10.2. The standard InChI is InChI=1S/C20H30N4O10/c1-33-19(31)12-23(7-8-25)17(29)6-4-15(27)10-22-16(28)11-24(13-20(32)34-2)18(30)5-3-14(26)9-21/h8H,3-7,9-13,21H2,1-2H3,(H,22,28). The lowest BCUT2D eigenvalue weighted by Gasteiger charge is -2.21.